The number of nitrogens with zero attached hydrogens (tertiary/aromatic N) is 4. The average molecular weight is 470 g/mol. The molecule has 0 aliphatic carbocycles. The fourth-order valence-electron chi connectivity index (χ4n) is 3.71. The van der Waals surface area contributed by atoms with Crippen LogP contribution in [0, 0.1) is 0 Å². The highest BCUT2D eigenvalue weighted by Crippen LogP contribution is 2.21. The average Bonchev–Trinajstić information content (AvgIpc) is 3.29. The van der Waals surface area contributed by atoms with Gasteiger partial charge in [-0.2, -0.15) is 4.37 Å². The lowest BCUT2D eigenvalue weighted by molar-refractivity contribution is 0.0948. The standard InChI is InChI=1S/C24H28ClN5OS/c1-2-18-3-7-20(8-4-18)23(31)26-11-12-29-13-15-30(16-14-29)24-27-22(28-32-24)17-19-5-9-21(25)10-6-19/h3-10H,2,11-17H2,1H3,(H,26,31). The van der Waals surface area contributed by atoms with E-state index < -0.39 is 0 Å². The number of carbonyl (C=O) groups excluding carboxylic acids is 1. The number of aryl methyl sites for hydroxylation is 1. The van der Waals surface area contributed by atoms with Crippen molar-refractivity contribution in [3.05, 3.63) is 76.1 Å². The van der Waals surface area contributed by atoms with Crippen LogP contribution in [0.25, 0.3) is 0 Å². The number of anilines is 1. The van der Waals surface area contributed by atoms with E-state index in [0.717, 1.165) is 66.3 Å². The first-order valence-corrected chi connectivity index (χ1v) is 12.2. The molecular formula is C24H28ClN5OS. The third-order valence-electron chi connectivity index (χ3n) is 5.71. The number of aromatic nitrogens is 2. The number of hydrogen-bond donors (Lipinski definition) is 1. The van der Waals surface area contributed by atoms with Gasteiger partial charge in [-0.05, 0) is 41.8 Å². The van der Waals surface area contributed by atoms with Gasteiger partial charge in [-0.15, -0.1) is 0 Å². The second-order valence-electron chi connectivity index (χ2n) is 7.93. The number of amides is 1. The zero-order valence-corrected chi connectivity index (χ0v) is 19.8. The van der Waals surface area contributed by atoms with Crippen molar-refractivity contribution in [2.75, 3.05) is 44.2 Å². The second-order valence-corrected chi connectivity index (χ2v) is 9.10. The highest BCUT2D eigenvalue weighted by Gasteiger charge is 2.20. The molecule has 0 radical (unpaired) electrons. The fourth-order valence-corrected chi connectivity index (χ4v) is 4.58. The van der Waals surface area contributed by atoms with Crippen LogP contribution in [0.5, 0.6) is 0 Å². The zero-order chi connectivity index (χ0) is 22.3. The van der Waals surface area contributed by atoms with E-state index in [2.05, 4.69) is 26.4 Å². The van der Waals surface area contributed by atoms with Crippen LogP contribution in [0.15, 0.2) is 48.5 Å². The number of benzene rings is 2. The molecular weight excluding hydrogens is 442 g/mol. The van der Waals surface area contributed by atoms with E-state index in [4.69, 9.17) is 16.6 Å². The Labute approximate surface area is 198 Å². The molecule has 1 aliphatic heterocycles. The van der Waals surface area contributed by atoms with Crippen molar-refractivity contribution in [1.82, 2.24) is 19.6 Å². The van der Waals surface area contributed by atoms with E-state index in [1.54, 1.807) is 0 Å². The van der Waals surface area contributed by atoms with Crippen molar-refractivity contribution in [2.45, 2.75) is 19.8 Å². The number of carbonyl (C=O) groups is 1. The van der Waals surface area contributed by atoms with Gasteiger partial charge < -0.3 is 10.2 Å². The quantitative estimate of drug-likeness (QED) is 0.542. The lowest BCUT2D eigenvalue weighted by Gasteiger charge is -2.34. The van der Waals surface area contributed by atoms with Gasteiger partial charge in [-0.25, -0.2) is 4.98 Å². The van der Waals surface area contributed by atoms with Crippen LogP contribution in [0.1, 0.15) is 34.2 Å². The van der Waals surface area contributed by atoms with Crippen molar-refractivity contribution in [1.29, 1.82) is 0 Å². The van der Waals surface area contributed by atoms with E-state index in [1.807, 2.05) is 48.5 Å². The molecule has 8 heteroatoms. The molecule has 1 N–H and O–H groups in total. The van der Waals surface area contributed by atoms with Crippen molar-refractivity contribution in [2.24, 2.45) is 0 Å². The van der Waals surface area contributed by atoms with Crippen molar-refractivity contribution in [3.8, 4) is 0 Å². The Morgan fingerprint density at radius 1 is 1.03 bits per heavy atom. The predicted molar refractivity (Wildman–Crippen MR) is 131 cm³/mol. The molecule has 4 rings (SSSR count). The number of nitrogens with one attached hydrogen (secondary N) is 1. The third-order valence-corrected chi connectivity index (χ3v) is 6.78. The van der Waals surface area contributed by atoms with Crippen molar-refractivity contribution < 1.29 is 4.79 Å². The van der Waals surface area contributed by atoms with Crippen molar-refractivity contribution >= 4 is 34.2 Å². The van der Waals surface area contributed by atoms with Gasteiger partial charge in [0.25, 0.3) is 5.91 Å². The molecule has 1 saturated heterocycles. The normalized spacial score (nSPS) is 14.5. The van der Waals surface area contributed by atoms with Gasteiger partial charge in [-0.3, -0.25) is 9.69 Å². The Morgan fingerprint density at radius 3 is 2.41 bits per heavy atom. The van der Waals surface area contributed by atoms with E-state index in [9.17, 15) is 4.79 Å². The second kappa shape index (κ2) is 10.9. The van der Waals surface area contributed by atoms with Crippen LogP contribution < -0.4 is 10.2 Å². The van der Waals surface area contributed by atoms with E-state index in [-0.39, 0.29) is 5.91 Å². The summed E-state index contributed by atoms with van der Waals surface area (Å²) in [7, 11) is 0. The Hall–Kier alpha value is -2.48. The number of halogens is 1. The summed E-state index contributed by atoms with van der Waals surface area (Å²) in [5.74, 6) is 0.845. The minimum atomic E-state index is -0.00614. The molecule has 3 aromatic rings. The maximum Gasteiger partial charge on any atom is 0.251 e. The summed E-state index contributed by atoms with van der Waals surface area (Å²) in [5.41, 5.74) is 3.12. The third kappa shape index (κ3) is 6.06. The molecule has 1 fully saturated rings. The summed E-state index contributed by atoms with van der Waals surface area (Å²) in [6, 6.07) is 15.7. The summed E-state index contributed by atoms with van der Waals surface area (Å²) in [6.07, 6.45) is 1.70. The monoisotopic (exact) mass is 469 g/mol. The van der Waals surface area contributed by atoms with Crippen LogP contribution in [-0.4, -0.2) is 59.4 Å². The number of rotatable bonds is 8. The Balaban J connectivity index is 1.19. The molecule has 2 aromatic carbocycles. The van der Waals surface area contributed by atoms with Crippen LogP contribution in [0.3, 0.4) is 0 Å². The summed E-state index contributed by atoms with van der Waals surface area (Å²) >= 11 is 7.42. The lowest BCUT2D eigenvalue weighted by atomic mass is 10.1. The van der Waals surface area contributed by atoms with Crippen LogP contribution in [0.4, 0.5) is 5.13 Å². The summed E-state index contributed by atoms with van der Waals surface area (Å²) < 4.78 is 4.53. The molecule has 2 heterocycles. The van der Waals surface area contributed by atoms with Gasteiger partial charge in [0.15, 0.2) is 0 Å². The lowest BCUT2D eigenvalue weighted by Crippen LogP contribution is -2.48. The first kappa shape index (κ1) is 22.7. The molecule has 0 bridgehead atoms. The minimum Gasteiger partial charge on any atom is -0.351 e. The molecule has 1 amide bonds. The Kier molecular flexibility index (Phi) is 7.73. The molecule has 0 spiro atoms. The fraction of sp³-hybridized carbons (Fsp3) is 0.375. The SMILES string of the molecule is CCc1ccc(C(=O)NCCN2CCN(c3nc(Cc4ccc(Cl)cc4)ns3)CC2)cc1. The molecule has 1 aliphatic rings. The Morgan fingerprint density at radius 2 is 1.72 bits per heavy atom. The number of hydrogen-bond acceptors (Lipinski definition) is 6. The van der Waals surface area contributed by atoms with E-state index >= 15 is 0 Å². The first-order valence-electron chi connectivity index (χ1n) is 11.0. The first-order chi connectivity index (χ1) is 15.6. The molecule has 32 heavy (non-hydrogen) atoms. The molecule has 1 aromatic heterocycles. The summed E-state index contributed by atoms with van der Waals surface area (Å²) in [4.78, 5) is 21.7. The zero-order valence-electron chi connectivity index (χ0n) is 18.3. The van der Waals surface area contributed by atoms with E-state index in [0.29, 0.717) is 13.0 Å². The maximum absolute atomic E-state index is 12.3. The molecule has 168 valence electrons. The molecule has 6 nitrogen and oxygen atoms in total. The summed E-state index contributed by atoms with van der Waals surface area (Å²) in [6.45, 7) is 7.35. The highest BCUT2D eigenvalue weighted by atomic mass is 35.5. The molecule has 0 unspecified atom stereocenters. The topological polar surface area (TPSA) is 61.4 Å². The van der Waals surface area contributed by atoms with Gasteiger partial charge in [-0.1, -0.05) is 42.8 Å². The van der Waals surface area contributed by atoms with Gasteiger partial charge >= 0.3 is 0 Å². The maximum atomic E-state index is 12.3. The summed E-state index contributed by atoms with van der Waals surface area (Å²) in [5, 5.41) is 4.76. The molecule has 0 saturated carbocycles. The predicted octanol–water partition coefficient (Wildman–Crippen LogP) is 3.90. The smallest absolute Gasteiger partial charge is 0.251 e. The molecule has 0 atom stereocenters. The largest absolute Gasteiger partial charge is 0.351 e. The van der Waals surface area contributed by atoms with Gasteiger partial charge in [0.1, 0.15) is 5.82 Å². The van der Waals surface area contributed by atoms with Gasteiger partial charge in [0.05, 0.1) is 0 Å². The van der Waals surface area contributed by atoms with Crippen LogP contribution in [0.2, 0.25) is 5.02 Å². The van der Waals surface area contributed by atoms with Crippen molar-refractivity contribution in [3.63, 3.8) is 0 Å². The highest BCUT2D eigenvalue weighted by molar-refractivity contribution is 7.09. The van der Waals surface area contributed by atoms with Gasteiger partial charge in [0, 0.05) is 67.8 Å². The van der Waals surface area contributed by atoms with E-state index in [1.165, 1.54) is 17.1 Å². The van der Waals surface area contributed by atoms with Gasteiger partial charge in [0.2, 0.25) is 5.13 Å². The van der Waals surface area contributed by atoms with Crippen LogP contribution >= 0.6 is 23.1 Å². The minimum absolute atomic E-state index is 0.00614. The Bertz CT molecular complexity index is 1010. The number of piperazine rings is 1. The van der Waals surface area contributed by atoms with Crippen LogP contribution in [-0.2, 0) is 12.8 Å².